The summed E-state index contributed by atoms with van der Waals surface area (Å²) < 4.78 is 16.2. The maximum absolute atomic E-state index is 13.4. The molecule has 0 bridgehead atoms. The molecule has 5 aromatic rings. The highest BCUT2D eigenvalue weighted by Crippen LogP contribution is 2.33. The fourth-order valence-corrected chi connectivity index (χ4v) is 5.97. The number of hydrogen-bond donors (Lipinski definition) is 3. The zero-order chi connectivity index (χ0) is 34.6. The Balaban J connectivity index is 1.18. The Hall–Kier alpha value is -5.59. The lowest BCUT2D eigenvalue weighted by Crippen LogP contribution is -2.30. The van der Waals surface area contributed by atoms with Gasteiger partial charge in [-0.1, -0.05) is 30.3 Å². The number of benzene rings is 4. The van der Waals surface area contributed by atoms with Gasteiger partial charge >= 0.3 is 0 Å². The molecule has 0 fully saturated rings. The summed E-state index contributed by atoms with van der Waals surface area (Å²) in [7, 11) is 3.15. The molecule has 0 saturated heterocycles. The quantitative estimate of drug-likeness (QED) is 0.0813. The second kappa shape index (κ2) is 17.0. The first kappa shape index (κ1) is 34.7. The number of carbonyl (C=O) groups is 3. The lowest BCUT2D eigenvalue weighted by atomic mass is 10.1. The molecule has 0 aliphatic rings. The van der Waals surface area contributed by atoms with Crippen LogP contribution < -0.4 is 30.2 Å². The molecule has 3 amide bonds. The number of carbonyl (C=O) groups excluding carboxylic acids is 3. The van der Waals surface area contributed by atoms with E-state index in [2.05, 4.69) is 20.9 Å². The molecule has 0 aliphatic carbocycles. The fraction of sp³-hybridized carbons (Fsp3) is 0.135. The summed E-state index contributed by atoms with van der Waals surface area (Å²) in [5.41, 5.74) is 3.28. The Morgan fingerprint density at radius 1 is 0.857 bits per heavy atom. The number of thiazole rings is 1. The lowest BCUT2D eigenvalue weighted by molar-refractivity contribution is -0.114. The lowest BCUT2D eigenvalue weighted by Gasteiger charge is -2.12. The largest absolute Gasteiger partial charge is 0.494 e. The van der Waals surface area contributed by atoms with Gasteiger partial charge in [-0.15, -0.1) is 23.1 Å². The molecule has 1 aromatic heterocycles. The summed E-state index contributed by atoms with van der Waals surface area (Å²) >= 11 is 2.68. The highest BCUT2D eigenvalue weighted by Gasteiger charge is 2.16. The molecule has 1 heterocycles. The highest BCUT2D eigenvalue weighted by atomic mass is 32.2. The molecule has 12 heteroatoms. The standard InChI is InChI=1S/C37H34N4O6S2/c1-4-47-28-15-10-24(11-16-28)20-30(39-35(43)25-8-6-5-7-9-25)36(44)38-27-13-17-29(18-14-27)48-23-34(42)41-37-40-31(22-49-37)26-12-19-32(45-2)33(21-26)46-3/h5-22H,4,23H2,1-3H3,(H,38,44)(H,39,43)(H,40,41,42)/b30-20-. The summed E-state index contributed by atoms with van der Waals surface area (Å²) in [6, 6.07) is 28.5. The van der Waals surface area contributed by atoms with Crippen molar-refractivity contribution in [2.45, 2.75) is 11.8 Å². The molecule has 3 N–H and O–H groups in total. The molecular weight excluding hydrogens is 661 g/mol. The van der Waals surface area contributed by atoms with E-state index in [1.165, 1.54) is 23.1 Å². The number of hydrogen-bond acceptors (Lipinski definition) is 9. The molecule has 0 unspecified atom stereocenters. The van der Waals surface area contributed by atoms with E-state index in [9.17, 15) is 14.4 Å². The normalized spacial score (nSPS) is 11.0. The van der Waals surface area contributed by atoms with Gasteiger partial charge in [0, 0.05) is 27.1 Å². The Morgan fingerprint density at radius 2 is 1.59 bits per heavy atom. The van der Waals surface area contributed by atoms with E-state index in [1.54, 1.807) is 81.0 Å². The number of methoxy groups -OCH3 is 2. The van der Waals surface area contributed by atoms with Crippen molar-refractivity contribution in [2.24, 2.45) is 0 Å². The van der Waals surface area contributed by atoms with E-state index in [1.807, 2.05) is 48.7 Å². The Labute approximate surface area is 292 Å². The van der Waals surface area contributed by atoms with E-state index in [0.717, 1.165) is 10.5 Å². The van der Waals surface area contributed by atoms with E-state index in [0.29, 0.717) is 51.5 Å². The first-order chi connectivity index (χ1) is 23.8. The first-order valence-electron chi connectivity index (χ1n) is 15.2. The van der Waals surface area contributed by atoms with Gasteiger partial charge in [0.05, 0.1) is 32.3 Å². The van der Waals surface area contributed by atoms with E-state index >= 15 is 0 Å². The number of nitrogens with one attached hydrogen (secondary N) is 3. The molecule has 4 aromatic carbocycles. The molecule has 0 atom stereocenters. The third kappa shape index (κ3) is 9.72. The number of aromatic nitrogens is 1. The number of nitrogens with zero attached hydrogens (tertiary/aromatic N) is 1. The number of amides is 3. The van der Waals surface area contributed by atoms with Crippen LogP contribution in [0.3, 0.4) is 0 Å². The van der Waals surface area contributed by atoms with Crippen LogP contribution in [0.1, 0.15) is 22.8 Å². The molecule has 250 valence electrons. The second-order valence-electron chi connectivity index (χ2n) is 10.3. The van der Waals surface area contributed by atoms with Gasteiger partial charge in [0.25, 0.3) is 11.8 Å². The SMILES string of the molecule is CCOc1ccc(/C=C(\NC(=O)c2ccccc2)C(=O)Nc2ccc(SCC(=O)Nc3nc(-c4ccc(OC)c(OC)c4)cs3)cc2)cc1. The van der Waals surface area contributed by atoms with Crippen molar-refractivity contribution in [1.29, 1.82) is 0 Å². The predicted octanol–water partition coefficient (Wildman–Crippen LogP) is 7.37. The third-order valence-electron chi connectivity index (χ3n) is 6.94. The number of rotatable bonds is 14. The Kier molecular flexibility index (Phi) is 12.0. The van der Waals surface area contributed by atoms with Crippen LogP contribution in [0, 0.1) is 0 Å². The van der Waals surface area contributed by atoms with Gasteiger partial charge in [0.15, 0.2) is 16.6 Å². The summed E-state index contributed by atoms with van der Waals surface area (Å²) in [5, 5.41) is 10.8. The van der Waals surface area contributed by atoms with Gasteiger partial charge in [-0.2, -0.15) is 0 Å². The minimum atomic E-state index is -0.492. The first-order valence-corrected chi connectivity index (χ1v) is 17.0. The van der Waals surface area contributed by atoms with Crippen molar-refractivity contribution in [1.82, 2.24) is 10.3 Å². The molecule has 0 saturated carbocycles. The topological polar surface area (TPSA) is 128 Å². The van der Waals surface area contributed by atoms with Crippen molar-refractivity contribution in [3.8, 4) is 28.5 Å². The van der Waals surface area contributed by atoms with Gasteiger partial charge < -0.3 is 30.2 Å². The number of ether oxygens (including phenoxy) is 3. The molecule has 5 rings (SSSR count). The van der Waals surface area contributed by atoms with Gasteiger partial charge in [-0.3, -0.25) is 14.4 Å². The van der Waals surface area contributed by atoms with Crippen molar-refractivity contribution in [2.75, 3.05) is 37.2 Å². The van der Waals surface area contributed by atoms with Crippen LogP contribution in [0.25, 0.3) is 17.3 Å². The van der Waals surface area contributed by atoms with E-state index in [-0.39, 0.29) is 17.4 Å². The minimum Gasteiger partial charge on any atom is -0.494 e. The van der Waals surface area contributed by atoms with Crippen LogP contribution in [0.4, 0.5) is 10.8 Å². The van der Waals surface area contributed by atoms with Crippen LogP contribution in [0.2, 0.25) is 0 Å². The zero-order valence-corrected chi connectivity index (χ0v) is 28.7. The summed E-state index contributed by atoms with van der Waals surface area (Å²) in [6.07, 6.45) is 1.61. The summed E-state index contributed by atoms with van der Waals surface area (Å²) in [6.45, 7) is 2.44. The van der Waals surface area contributed by atoms with Gasteiger partial charge in [-0.05, 0) is 85.3 Å². The van der Waals surface area contributed by atoms with Gasteiger partial charge in [-0.25, -0.2) is 4.98 Å². The maximum atomic E-state index is 13.4. The number of anilines is 2. The summed E-state index contributed by atoms with van der Waals surface area (Å²) in [4.78, 5) is 44.4. The number of thioether (sulfide) groups is 1. The van der Waals surface area contributed by atoms with Crippen molar-refractivity contribution >= 4 is 57.7 Å². The van der Waals surface area contributed by atoms with Crippen molar-refractivity contribution < 1.29 is 28.6 Å². The third-order valence-corrected chi connectivity index (χ3v) is 8.71. The summed E-state index contributed by atoms with van der Waals surface area (Å²) in [5.74, 6) is 0.985. The van der Waals surface area contributed by atoms with Gasteiger partial charge in [0.2, 0.25) is 5.91 Å². The molecule has 0 aliphatic heterocycles. The molecule has 10 nitrogen and oxygen atoms in total. The maximum Gasteiger partial charge on any atom is 0.272 e. The second-order valence-corrected chi connectivity index (χ2v) is 12.2. The van der Waals surface area contributed by atoms with Gasteiger partial charge in [0.1, 0.15) is 11.4 Å². The minimum absolute atomic E-state index is 0.0737. The van der Waals surface area contributed by atoms with Crippen LogP contribution in [-0.4, -0.2) is 49.3 Å². The zero-order valence-electron chi connectivity index (χ0n) is 27.0. The molecular formula is C37H34N4O6S2. The Bertz CT molecular complexity index is 1930. The van der Waals surface area contributed by atoms with Crippen LogP contribution in [0.15, 0.2) is 113 Å². The highest BCUT2D eigenvalue weighted by molar-refractivity contribution is 8.00. The molecule has 0 radical (unpaired) electrons. The smallest absolute Gasteiger partial charge is 0.272 e. The average molecular weight is 695 g/mol. The van der Waals surface area contributed by atoms with Crippen LogP contribution in [-0.2, 0) is 9.59 Å². The monoisotopic (exact) mass is 694 g/mol. The predicted molar refractivity (Wildman–Crippen MR) is 195 cm³/mol. The van der Waals surface area contributed by atoms with Crippen LogP contribution >= 0.6 is 23.1 Å². The van der Waals surface area contributed by atoms with Crippen molar-refractivity contribution in [3.63, 3.8) is 0 Å². The molecule has 0 spiro atoms. The molecule has 49 heavy (non-hydrogen) atoms. The van der Waals surface area contributed by atoms with Crippen molar-refractivity contribution in [3.05, 3.63) is 119 Å². The van der Waals surface area contributed by atoms with Crippen LogP contribution in [0.5, 0.6) is 17.2 Å². The fourth-order valence-electron chi connectivity index (χ4n) is 4.53. The Morgan fingerprint density at radius 3 is 2.29 bits per heavy atom. The average Bonchev–Trinajstić information content (AvgIpc) is 3.60. The van der Waals surface area contributed by atoms with E-state index < -0.39 is 11.8 Å². The van der Waals surface area contributed by atoms with E-state index in [4.69, 9.17) is 14.2 Å².